The summed E-state index contributed by atoms with van der Waals surface area (Å²) in [4.78, 5) is 0. The SMILES string of the molecule is C=C(NC(C)C)c1ccccc1N. The Balaban J connectivity index is 2.83. The van der Waals surface area contributed by atoms with Crippen LogP contribution in [0.1, 0.15) is 19.4 Å². The second-order valence-corrected chi connectivity index (χ2v) is 3.36. The molecule has 1 aromatic rings. The largest absolute Gasteiger partial charge is 0.398 e. The number of rotatable bonds is 3. The van der Waals surface area contributed by atoms with Gasteiger partial charge in [-0.05, 0) is 19.9 Å². The molecule has 0 fully saturated rings. The van der Waals surface area contributed by atoms with E-state index < -0.39 is 0 Å². The molecule has 0 aliphatic heterocycles. The third kappa shape index (κ3) is 2.51. The minimum atomic E-state index is 0.382. The van der Waals surface area contributed by atoms with Crippen molar-refractivity contribution in [2.24, 2.45) is 0 Å². The number of para-hydroxylation sites is 1. The Morgan fingerprint density at radius 3 is 2.54 bits per heavy atom. The summed E-state index contributed by atoms with van der Waals surface area (Å²) in [6, 6.07) is 8.10. The third-order valence-electron chi connectivity index (χ3n) is 1.75. The van der Waals surface area contributed by atoms with Crippen molar-refractivity contribution in [2.75, 3.05) is 5.73 Å². The first kappa shape index (κ1) is 9.65. The molecule has 2 nitrogen and oxygen atoms in total. The van der Waals surface area contributed by atoms with Crippen molar-refractivity contribution >= 4 is 11.4 Å². The standard InChI is InChI=1S/C11H16N2/c1-8(2)13-9(3)10-6-4-5-7-11(10)12/h4-8,13H,3,12H2,1-2H3. The highest BCUT2D eigenvalue weighted by atomic mass is 14.9. The van der Waals surface area contributed by atoms with Gasteiger partial charge in [0.25, 0.3) is 0 Å². The van der Waals surface area contributed by atoms with Gasteiger partial charge in [-0.1, -0.05) is 24.8 Å². The van der Waals surface area contributed by atoms with Gasteiger partial charge >= 0.3 is 0 Å². The summed E-state index contributed by atoms with van der Waals surface area (Å²) in [6.07, 6.45) is 0. The minimum absolute atomic E-state index is 0.382. The molecule has 0 bridgehead atoms. The normalized spacial score (nSPS) is 10.1. The van der Waals surface area contributed by atoms with Crippen LogP contribution in [0.4, 0.5) is 5.69 Å². The average molecular weight is 176 g/mol. The summed E-state index contributed by atoms with van der Waals surface area (Å²) in [7, 11) is 0. The minimum Gasteiger partial charge on any atom is -0.398 e. The molecular weight excluding hydrogens is 160 g/mol. The molecule has 0 unspecified atom stereocenters. The van der Waals surface area contributed by atoms with Crippen molar-refractivity contribution in [3.05, 3.63) is 36.4 Å². The van der Waals surface area contributed by atoms with Crippen LogP contribution >= 0.6 is 0 Å². The number of nitrogens with one attached hydrogen (secondary N) is 1. The number of nitrogens with two attached hydrogens (primary N) is 1. The van der Waals surface area contributed by atoms with E-state index in [4.69, 9.17) is 5.73 Å². The molecule has 0 aliphatic rings. The van der Waals surface area contributed by atoms with E-state index in [0.717, 1.165) is 16.9 Å². The van der Waals surface area contributed by atoms with Gasteiger partial charge in [-0.3, -0.25) is 0 Å². The van der Waals surface area contributed by atoms with Crippen LogP contribution in [0.3, 0.4) is 0 Å². The maximum absolute atomic E-state index is 5.80. The van der Waals surface area contributed by atoms with E-state index in [1.165, 1.54) is 0 Å². The van der Waals surface area contributed by atoms with E-state index in [0.29, 0.717) is 6.04 Å². The molecule has 2 heteroatoms. The van der Waals surface area contributed by atoms with Crippen molar-refractivity contribution in [1.82, 2.24) is 5.32 Å². The molecule has 1 aromatic carbocycles. The van der Waals surface area contributed by atoms with E-state index in [1.54, 1.807) is 0 Å². The molecule has 13 heavy (non-hydrogen) atoms. The van der Waals surface area contributed by atoms with Gasteiger partial charge in [-0.25, -0.2) is 0 Å². The van der Waals surface area contributed by atoms with Crippen molar-refractivity contribution in [2.45, 2.75) is 19.9 Å². The molecule has 70 valence electrons. The highest BCUT2D eigenvalue weighted by Crippen LogP contribution is 2.17. The molecule has 0 atom stereocenters. The molecule has 0 aliphatic carbocycles. The van der Waals surface area contributed by atoms with Crippen molar-refractivity contribution < 1.29 is 0 Å². The molecule has 0 saturated heterocycles. The highest BCUT2D eigenvalue weighted by molar-refractivity contribution is 5.72. The summed E-state index contributed by atoms with van der Waals surface area (Å²) >= 11 is 0. The van der Waals surface area contributed by atoms with E-state index in [1.807, 2.05) is 24.3 Å². The number of hydrogen-bond donors (Lipinski definition) is 2. The highest BCUT2D eigenvalue weighted by Gasteiger charge is 2.02. The summed E-state index contributed by atoms with van der Waals surface area (Å²) in [6.45, 7) is 8.08. The van der Waals surface area contributed by atoms with Gasteiger partial charge in [0, 0.05) is 23.0 Å². The van der Waals surface area contributed by atoms with Crippen molar-refractivity contribution in [1.29, 1.82) is 0 Å². The van der Waals surface area contributed by atoms with Crippen LogP contribution in [-0.2, 0) is 0 Å². The van der Waals surface area contributed by atoms with Gasteiger partial charge in [-0.15, -0.1) is 0 Å². The lowest BCUT2D eigenvalue weighted by molar-refractivity contribution is 0.718. The lowest BCUT2D eigenvalue weighted by Crippen LogP contribution is -2.20. The van der Waals surface area contributed by atoms with Gasteiger partial charge in [0.15, 0.2) is 0 Å². The second kappa shape index (κ2) is 3.99. The van der Waals surface area contributed by atoms with Crippen LogP contribution in [0, 0.1) is 0 Å². The smallest absolute Gasteiger partial charge is 0.0408 e. The van der Waals surface area contributed by atoms with Crippen LogP contribution in [0.25, 0.3) is 5.70 Å². The van der Waals surface area contributed by atoms with Gasteiger partial charge in [0.05, 0.1) is 0 Å². The summed E-state index contributed by atoms with van der Waals surface area (Å²) in [5, 5.41) is 3.23. The fourth-order valence-corrected chi connectivity index (χ4v) is 1.20. The van der Waals surface area contributed by atoms with Gasteiger partial charge in [0.1, 0.15) is 0 Å². The van der Waals surface area contributed by atoms with Crippen LogP contribution in [-0.4, -0.2) is 6.04 Å². The predicted octanol–water partition coefficient (Wildman–Crippen LogP) is 2.24. The summed E-state index contributed by atoms with van der Waals surface area (Å²) < 4.78 is 0. The molecule has 0 spiro atoms. The monoisotopic (exact) mass is 176 g/mol. The molecule has 0 aromatic heterocycles. The Morgan fingerprint density at radius 1 is 1.38 bits per heavy atom. The first-order valence-electron chi connectivity index (χ1n) is 4.41. The zero-order chi connectivity index (χ0) is 9.84. The second-order valence-electron chi connectivity index (χ2n) is 3.36. The van der Waals surface area contributed by atoms with Crippen LogP contribution in [0.15, 0.2) is 30.8 Å². The number of nitrogen functional groups attached to an aromatic ring is 1. The van der Waals surface area contributed by atoms with Gasteiger partial charge in [-0.2, -0.15) is 0 Å². The zero-order valence-corrected chi connectivity index (χ0v) is 8.17. The van der Waals surface area contributed by atoms with E-state index in [2.05, 4.69) is 25.7 Å². The summed E-state index contributed by atoms with van der Waals surface area (Å²) in [5.74, 6) is 0. The molecule has 0 saturated carbocycles. The van der Waals surface area contributed by atoms with E-state index >= 15 is 0 Å². The molecule has 0 heterocycles. The van der Waals surface area contributed by atoms with Gasteiger partial charge < -0.3 is 11.1 Å². The maximum Gasteiger partial charge on any atom is 0.0408 e. The predicted molar refractivity (Wildman–Crippen MR) is 58.2 cm³/mol. The number of hydrogen-bond acceptors (Lipinski definition) is 2. The maximum atomic E-state index is 5.80. The summed E-state index contributed by atoms with van der Waals surface area (Å²) in [5.41, 5.74) is 8.43. The van der Waals surface area contributed by atoms with Crippen LogP contribution < -0.4 is 11.1 Å². The lowest BCUT2D eigenvalue weighted by atomic mass is 10.1. The Hall–Kier alpha value is -1.44. The number of benzene rings is 1. The van der Waals surface area contributed by atoms with Crippen molar-refractivity contribution in [3.8, 4) is 0 Å². The fraction of sp³-hybridized carbons (Fsp3) is 0.273. The van der Waals surface area contributed by atoms with Crippen LogP contribution in [0.2, 0.25) is 0 Å². The Bertz CT molecular complexity index is 303. The van der Waals surface area contributed by atoms with Gasteiger partial charge in [0.2, 0.25) is 0 Å². The van der Waals surface area contributed by atoms with E-state index in [-0.39, 0.29) is 0 Å². The first-order chi connectivity index (χ1) is 6.11. The van der Waals surface area contributed by atoms with E-state index in [9.17, 15) is 0 Å². The topological polar surface area (TPSA) is 38.0 Å². The fourth-order valence-electron chi connectivity index (χ4n) is 1.20. The number of anilines is 1. The average Bonchev–Trinajstić information content (AvgIpc) is 2.03. The molecule has 0 amide bonds. The van der Waals surface area contributed by atoms with Crippen molar-refractivity contribution in [3.63, 3.8) is 0 Å². The Morgan fingerprint density at radius 2 is 2.00 bits per heavy atom. The Kier molecular flexibility index (Phi) is 2.96. The lowest BCUT2D eigenvalue weighted by Gasteiger charge is -2.14. The first-order valence-corrected chi connectivity index (χ1v) is 4.41. The molecule has 1 rings (SSSR count). The third-order valence-corrected chi connectivity index (χ3v) is 1.75. The molecule has 3 N–H and O–H groups in total. The molecular formula is C11H16N2. The quantitative estimate of drug-likeness (QED) is 0.693. The zero-order valence-electron chi connectivity index (χ0n) is 8.17. The Labute approximate surface area is 79.5 Å². The molecule has 0 radical (unpaired) electrons. The van der Waals surface area contributed by atoms with Crippen LogP contribution in [0.5, 0.6) is 0 Å².